The number of hydrogen-bond donors (Lipinski definition) is 0. The highest BCUT2D eigenvalue weighted by atomic mass is 31.2. The van der Waals surface area contributed by atoms with E-state index in [1.807, 2.05) is 143 Å². The van der Waals surface area contributed by atoms with Gasteiger partial charge in [-0.3, -0.25) is 4.98 Å². The second-order valence-corrected chi connectivity index (χ2v) is 16.4. The van der Waals surface area contributed by atoms with Gasteiger partial charge in [-0.1, -0.05) is 125 Å². The third-order valence-corrected chi connectivity index (χ3v) is 13.5. The van der Waals surface area contributed by atoms with Gasteiger partial charge in [-0.2, -0.15) is 0 Å². The summed E-state index contributed by atoms with van der Waals surface area (Å²) in [5.74, 6) is 0. The van der Waals surface area contributed by atoms with E-state index in [4.69, 9.17) is 4.98 Å². The van der Waals surface area contributed by atoms with Crippen molar-refractivity contribution in [2.75, 3.05) is 0 Å². The number of pyridine rings is 1. The molecule has 0 saturated carbocycles. The summed E-state index contributed by atoms with van der Waals surface area (Å²) in [6.07, 6.45) is 0.596. The Bertz CT molecular complexity index is 1480. The summed E-state index contributed by atoms with van der Waals surface area (Å²) in [6, 6.07) is 37.7. The Labute approximate surface area is 238 Å². The molecule has 0 spiro atoms. The molecule has 0 fully saturated rings. The van der Waals surface area contributed by atoms with E-state index in [1.54, 1.807) is 0 Å². The number of rotatable bonds is 8. The average molecular weight is 564 g/mol. The van der Waals surface area contributed by atoms with Gasteiger partial charge in [-0.25, -0.2) is 0 Å². The lowest BCUT2D eigenvalue weighted by atomic mass is 10.2. The SMILES string of the molecule is Cc1ccc(P(=O)(Cc2cccc(CP(=O)(c3ccc(C)cc3)c3ccc(C)cc3)n2)c2ccc(C)cc2)cc1. The first-order chi connectivity index (χ1) is 19.2. The minimum Gasteiger partial charge on any atom is -0.313 e. The Kier molecular flexibility index (Phi) is 8.09. The van der Waals surface area contributed by atoms with Gasteiger partial charge in [0.1, 0.15) is 14.3 Å². The maximum absolute atomic E-state index is 14.8. The summed E-state index contributed by atoms with van der Waals surface area (Å²) < 4.78 is 29.6. The zero-order chi connectivity index (χ0) is 28.3. The summed E-state index contributed by atoms with van der Waals surface area (Å²) in [7, 11) is -6.03. The quantitative estimate of drug-likeness (QED) is 0.186. The average Bonchev–Trinajstić information content (AvgIpc) is 2.94. The molecule has 0 aliphatic heterocycles. The Balaban J connectivity index is 1.54. The second kappa shape index (κ2) is 11.5. The van der Waals surface area contributed by atoms with Crippen LogP contribution in [0.1, 0.15) is 33.6 Å². The topological polar surface area (TPSA) is 47.0 Å². The summed E-state index contributed by atoms with van der Waals surface area (Å²) in [5.41, 5.74) is 5.98. The van der Waals surface area contributed by atoms with Crippen molar-refractivity contribution < 1.29 is 9.13 Å². The molecule has 5 rings (SSSR count). The number of hydrogen-bond acceptors (Lipinski definition) is 3. The van der Waals surface area contributed by atoms with Crippen molar-refractivity contribution in [2.24, 2.45) is 0 Å². The first kappa shape index (κ1) is 28.0. The molecule has 4 aromatic carbocycles. The Morgan fingerprint density at radius 2 is 0.675 bits per heavy atom. The van der Waals surface area contributed by atoms with Gasteiger partial charge in [0.05, 0.1) is 12.3 Å². The third kappa shape index (κ3) is 5.97. The minimum atomic E-state index is -3.02. The Hall–Kier alpha value is -3.51. The molecule has 0 saturated heterocycles. The van der Waals surface area contributed by atoms with Crippen molar-refractivity contribution in [1.82, 2.24) is 4.98 Å². The molecular formula is C35H35NO2P2. The molecule has 1 heterocycles. The first-order valence-electron chi connectivity index (χ1n) is 13.6. The molecule has 3 nitrogen and oxygen atoms in total. The molecule has 5 heteroatoms. The molecule has 202 valence electrons. The van der Waals surface area contributed by atoms with Gasteiger partial charge in [0.2, 0.25) is 0 Å². The van der Waals surface area contributed by atoms with Crippen molar-refractivity contribution in [2.45, 2.75) is 40.0 Å². The zero-order valence-corrected chi connectivity index (χ0v) is 25.3. The van der Waals surface area contributed by atoms with Crippen LogP contribution in [-0.4, -0.2) is 4.98 Å². The minimum absolute atomic E-state index is 0.298. The van der Waals surface area contributed by atoms with Gasteiger partial charge in [-0.15, -0.1) is 0 Å². The van der Waals surface area contributed by atoms with E-state index in [1.165, 1.54) is 0 Å². The summed E-state index contributed by atoms with van der Waals surface area (Å²) in [5, 5.41) is 3.27. The van der Waals surface area contributed by atoms with Crippen LogP contribution in [0.3, 0.4) is 0 Å². The third-order valence-electron chi connectivity index (χ3n) is 7.44. The standard InChI is InChI=1S/C35H35NO2P2/c1-26-8-16-32(17-9-26)39(37,33-18-10-27(2)11-19-33)24-30-6-5-7-31(36-30)25-40(38,34-20-12-28(3)13-21-34)35-22-14-29(4)15-23-35/h5-23H,24-25H2,1-4H3. The normalized spacial score (nSPS) is 11.9. The fourth-order valence-electron chi connectivity index (χ4n) is 4.97. The lowest BCUT2D eigenvalue weighted by Crippen LogP contribution is -2.19. The van der Waals surface area contributed by atoms with Crippen molar-refractivity contribution in [3.05, 3.63) is 149 Å². The lowest BCUT2D eigenvalue weighted by Gasteiger charge is -2.21. The lowest BCUT2D eigenvalue weighted by molar-refractivity contribution is 0.586. The second-order valence-electron chi connectivity index (χ2n) is 10.8. The predicted octanol–water partition coefficient (Wildman–Crippen LogP) is 7.34. The van der Waals surface area contributed by atoms with E-state index in [0.717, 1.165) is 54.9 Å². The van der Waals surface area contributed by atoms with Gasteiger partial charge in [0.15, 0.2) is 0 Å². The van der Waals surface area contributed by atoms with Crippen LogP contribution < -0.4 is 21.2 Å². The molecule has 0 aliphatic carbocycles. The van der Waals surface area contributed by atoms with E-state index < -0.39 is 14.3 Å². The summed E-state index contributed by atoms with van der Waals surface area (Å²) in [4.78, 5) is 4.97. The van der Waals surface area contributed by atoms with Crippen LogP contribution in [0.15, 0.2) is 115 Å². The van der Waals surface area contributed by atoms with E-state index in [2.05, 4.69) is 0 Å². The molecule has 0 bridgehead atoms. The van der Waals surface area contributed by atoms with Gasteiger partial charge >= 0.3 is 0 Å². The number of benzene rings is 4. The fourth-order valence-corrected chi connectivity index (χ4v) is 10.1. The summed E-state index contributed by atoms with van der Waals surface area (Å²) >= 11 is 0. The van der Waals surface area contributed by atoms with Crippen LogP contribution in [0.25, 0.3) is 0 Å². The van der Waals surface area contributed by atoms with Crippen molar-refractivity contribution >= 4 is 35.5 Å². The Morgan fingerprint density at radius 1 is 0.425 bits per heavy atom. The Morgan fingerprint density at radius 3 is 0.925 bits per heavy atom. The molecule has 0 unspecified atom stereocenters. The van der Waals surface area contributed by atoms with E-state index >= 15 is 0 Å². The van der Waals surface area contributed by atoms with Crippen molar-refractivity contribution in [1.29, 1.82) is 0 Å². The van der Waals surface area contributed by atoms with Gasteiger partial charge < -0.3 is 9.13 Å². The van der Waals surface area contributed by atoms with Crippen LogP contribution in [0.5, 0.6) is 0 Å². The monoisotopic (exact) mass is 563 g/mol. The van der Waals surface area contributed by atoms with Crippen molar-refractivity contribution in [3.63, 3.8) is 0 Å². The molecule has 40 heavy (non-hydrogen) atoms. The molecule has 0 atom stereocenters. The van der Waals surface area contributed by atoms with Crippen LogP contribution in [-0.2, 0) is 21.5 Å². The molecule has 1 aromatic heterocycles. The first-order valence-corrected chi connectivity index (χ1v) is 17.4. The largest absolute Gasteiger partial charge is 0.313 e. The maximum Gasteiger partial charge on any atom is 0.148 e. The van der Waals surface area contributed by atoms with Crippen LogP contribution in [0.2, 0.25) is 0 Å². The van der Waals surface area contributed by atoms with Gasteiger partial charge in [-0.05, 0) is 39.8 Å². The number of nitrogens with zero attached hydrogens (tertiary/aromatic N) is 1. The number of aryl methyl sites for hydroxylation is 4. The molecule has 0 N–H and O–H groups in total. The van der Waals surface area contributed by atoms with E-state index in [0.29, 0.717) is 12.3 Å². The zero-order valence-electron chi connectivity index (χ0n) is 23.5. The smallest absolute Gasteiger partial charge is 0.148 e. The summed E-state index contributed by atoms with van der Waals surface area (Å²) in [6.45, 7) is 8.13. The van der Waals surface area contributed by atoms with Crippen molar-refractivity contribution in [3.8, 4) is 0 Å². The fraction of sp³-hybridized carbons (Fsp3) is 0.171. The van der Waals surface area contributed by atoms with Crippen LogP contribution >= 0.6 is 14.3 Å². The number of aromatic nitrogens is 1. The molecular weight excluding hydrogens is 528 g/mol. The van der Waals surface area contributed by atoms with Crippen LogP contribution in [0, 0.1) is 27.7 Å². The van der Waals surface area contributed by atoms with Gasteiger partial charge in [0.25, 0.3) is 0 Å². The highest BCUT2D eigenvalue weighted by Crippen LogP contribution is 2.48. The van der Waals surface area contributed by atoms with E-state index in [-0.39, 0.29) is 0 Å². The van der Waals surface area contributed by atoms with Gasteiger partial charge in [0, 0.05) is 32.6 Å². The van der Waals surface area contributed by atoms with Crippen LogP contribution in [0.4, 0.5) is 0 Å². The molecule has 5 aromatic rings. The molecule has 0 radical (unpaired) electrons. The maximum atomic E-state index is 14.8. The highest BCUT2D eigenvalue weighted by Gasteiger charge is 2.31. The van der Waals surface area contributed by atoms with E-state index in [9.17, 15) is 9.13 Å². The molecule has 0 amide bonds. The molecule has 0 aliphatic rings. The predicted molar refractivity (Wildman–Crippen MR) is 170 cm³/mol. The highest BCUT2D eigenvalue weighted by molar-refractivity contribution is 7.78.